The Balaban J connectivity index is 1.40. The molecule has 30 heavy (non-hydrogen) atoms. The van der Waals surface area contributed by atoms with Crippen LogP contribution in [0.4, 0.5) is 5.69 Å². The van der Waals surface area contributed by atoms with Crippen molar-refractivity contribution in [2.24, 2.45) is 5.92 Å². The molecule has 4 rings (SSSR count). The monoisotopic (exact) mass is 457 g/mol. The predicted octanol–water partition coefficient (Wildman–Crippen LogP) is 1.75. The minimum Gasteiger partial charge on any atom is -0.431 e. The maximum atomic E-state index is 12.8. The molecule has 0 radical (unpaired) electrons. The molecule has 1 atom stereocenters. The first kappa shape index (κ1) is 21.3. The molecular weight excluding hydrogens is 434 g/mol. The second kappa shape index (κ2) is 9.04. The number of oxazole rings is 1. The lowest BCUT2D eigenvalue weighted by molar-refractivity contribution is 0.0595. The number of ether oxygens (including phenoxy) is 1. The van der Waals surface area contributed by atoms with Crippen molar-refractivity contribution >= 4 is 27.3 Å². The number of nitrogens with zero attached hydrogens (tertiary/aromatic N) is 4. The van der Waals surface area contributed by atoms with Crippen LogP contribution in [0.2, 0.25) is 5.02 Å². The number of halogens is 1. The maximum Gasteiger partial charge on any atom is 0.287 e. The minimum absolute atomic E-state index is 0.0958. The van der Waals surface area contributed by atoms with Gasteiger partial charge in [0.25, 0.3) is 20.7 Å². The molecule has 0 bridgehead atoms. The van der Waals surface area contributed by atoms with Gasteiger partial charge in [-0.2, -0.15) is 9.40 Å². The van der Waals surface area contributed by atoms with Gasteiger partial charge in [-0.1, -0.05) is 11.6 Å². The number of sulfonamides is 1. The molecule has 2 aromatic heterocycles. The Bertz CT molecular complexity index is 1010. The van der Waals surface area contributed by atoms with Gasteiger partial charge in [0.15, 0.2) is 6.39 Å². The summed E-state index contributed by atoms with van der Waals surface area (Å²) in [5, 5.41) is 7.41. The Labute approximate surface area is 179 Å². The molecule has 4 heterocycles. The molecular formula is C18H24ClN5O5S. The number of piperidine rings is 1. The van der Waals surface area contributed by atoms with E-state index in [0.29, 0.717) is 37.6 Å². The van der Waals surface area contributed by atoms with Crippen molar-refractivity contribution in [3.05, 3.63) is 34.2 Å². The maximum absolute atomic E-state index is 12.8. The van der Waals surface area contributed by atoms with E-state index in [4.69, 9.17) is 20.8 Å². The van der Waals surface area contributed by atoms with Gasteiger partial charge in [-0.05, 0) is 31.6 Å². The van der Waals surface area contributed by atoms with Crippen LogP contribution in [0.25, 0.3) is 0 Å². The standard InChI is InChI=1S/C18H24ClN5O5S/c19-17-15(21-8-13-2-1-7-28-11-13)9-22-24(18(17)25)14-3-5-23(6-4-14)30(26,27)16-10-20-12-29-16/h9-10,12-14,21H,1-8,11H2/t13-/m1/s1. The summed E-state index contributed by atoms with van der Waals surface area (Å²) >= 11 is 6.31. The normalized spacial score (nSPS) is 21.6. The molecule has 2 saturated heterocycles. The molecule has 0 aromatic carbocycles. The first-order chi connectivity index (χ1) is 14.5. The molecule has 0 unspecified atom stereocenters. The van der Waals surface area contributed by atoms with Crippen LogP contribution >= 0.6 is 11.6 Å². The van der Waals surface area contributed by atoms with Crippen molar-refractivity contribution in [1.82, 2.24) is 19.1 Å². The largest absolute Gasteiger partial charge is 0.431 e. The van der Waals surface area contributed by atoms with Gasteiger partial charge in [-0.15, -0.1) is 0 Å². The summed E-state index contributed by atoms with van der Waals surface area (Å²) in [6, 6.07) is -0.225. The zero-order chi connectivity index (χ0) is 21.1. The molecule has 164 valence electrons. The van der Waals surface area contributed by atoms with E-state index in [2.05, 4.69) is 15.4 Å². The average Bonchev–Trinajstić information content (AvgIpc) is 3.32. The van der Waals surface area contributed by atoms with Crippen LogP contribution < -0.4 is 10.9 Å². The van der Waals surface area contributed by atoms with Gasteiger partial charge in [-0.25, -0.2) is 18.1 Å². The fourth-order valence-corrected chi connectivity index (χ4v) is 5.34. The molecule has 0 spiro atoms. The molecule has 2 fully saturated rings. The molecule has 1 N–H and O–H groups in total. The van der Waals surface area contributed by atoms with E-state index in [-0.39, 0.29) is 34.8 Å². The number of anilines is 1. The van der Waals surface area contributed by atoms with Crippen LogP contribution in [0.5, 0.6) is 0 Å². The molecule has 0 saturated carbocycles. The molecule has 10 nitrogen and oxygen atoms in total. The number of aromatic nitrogens is 3. The molecule has 0 aliphatic carbocycles. The van der Waals surface area contributed by atoms with Crippen molar-refractivity contribution in [1.29, 1.82) is 0 Å². The van der Waals surface area contributed by atoms with Crippen LogP contribution in [0.1, 0.15) is 31.7 Å². The summed E-state index contributed by atoms with van der Waals surface area (Å²) in [5.41, 5.74) is 0.131. The van der Waals surface area contributed by atoms with Gasteiger partial charge in [-0.3, -0.25) is 4.79 Å². The van der Waals surface area contributed by atoms with E-state index in [1.165, 1.54) is 15.2 Å². The molecule has 2 aliphatic rings. The summed E-state index contributed by atoms with van der Waals surface area (Å²) in [6.45, 7) is 2.67. The summed E-state index contributed by atoms with van der Waals surface area (Å²) < 4.78 is 38.2. The van der Waals surface area contributed by atoms with Crippen LogP contribution in [0, 0.1) is 5.92 Å². The van der Waals surface area contributed by atoms with E-state index in [1.54, 1.807) is 6.20 Å². The first-order valence-corrected chi connectivity index (χ1v) is 11.8. The third-order valence-electron chi connectivity index (χ3n) is 5.55. The second-order valence-electron chi connectivity index (χ2n) is 7.54. The SMILES string of the molecule is O=c1c(Cl)c(NC[C@H]2CCCOC2)cnn1C1CCN(S(=O)(=O)c2cnco2)CC1. The van der Waals surface area contributed by atoms with Crippen LogP contribution in [0.15, 0.2) is 33.1 Å². The van der Waals surface area contributed by atoms with Crippen molar-refractivity contribution in [2.45, 2.75) is 36.8 Å². The van der Waals surface area contributed by atoms with Crippen molar-refractivity contribution < 1.29 is 17.6 Å². The minimum atomic E-state index is -3.72. The Morgan fingerprint density at radius 1 is 1.23 bits per heavy atom. The van der Waals surface area contributed by atoms with Gasteiger partial charge < -0.3 is 14.5 Å². The van der Waals surface area contributed by atoms with E-state index in [1.807, 2.05) is 0 Å². The third-order valence-corrected chi connectivity index (χ3v) is 7.67. The van der Waals surface area contributed by atoms with E-state index in [9.17, 15) is 13.2 Å². The Hall–Kier alpha value is -1.95. The van der Waals surface area contributed by atoms with Crippen molar-refractivity contribution in [3.63, 3.8) is 0 Å². The lowest BCUT2D eigenvalue weighted by Crippen LogP contribution is -2.41. The first-order valence-electron chi connectivity index (χ1n) is 9.94. The highest BCUT2D eigenvalue weighted by Gasteiger charge is 2.33. The molecule has 12 heteroatoms. The number of nitrogens with one attached hydrogen (secondary N) is 1. The van der Waals surface area contributed by atoms with Crippen LogP contribution in [-0.4, -0.2) is 60.3 Å². The number of hydrogen-bond acceptors (Lipinski definition) is 8. The zero-order valence-electron chi connectivity index (χ0n) is 16.4. The van der Waals surface area contributed by atoms with Gasteiger partial charge in [0.05, 0.1) is 30.7 Å². The predicted molar refractivity (Wildman–Crippen MR) is 109 cm³/mol. The van der Waals surface area contributed by atoms with Gasteiger partial charge >= 0.3 is 0 Å². The topological polar surface area (TPSA) is 120 Å². The smallest absolute Gasteiger partial charge is 0.287 e. The van der Waals surface area contributed by atoms with Gasteiger partial charge in [0.1, 0.15) is 5.02 Å². The number of hydrogen-bond donors (Lipinski definition) is 1. The highest BCUT2D eigenvalue weighted by atomic mass is 35.5. The average molecular weight is 458 g/mol. The zero-order valence-corrected chi connectivity index (χ0v) is 17.9. The van der Waals surface area contributed by atoms with E-state index in [0.717, 1.165) is 25.8 Å². The molecule has 0 amide bonds. The quantitative estimate of drug-likeness (QED) is 0.696. The lowest BCUT2D eigenvalue weighted by Gasteiger charge is -2.30. The second-order valence-corrected chi connectivity index (χ2v) is 9.79. The Morgan fingerprint density at radius 2 is 2.03 bits per heavy atom. The number of rotatable bonds is 6. The van der Waals surface area contributed by atoms with E-state index < -0.39 is 10.0 Å². The molecule has 2 aromatic rings. The summed E-state index contributed by atoms with van der Waals surface area (Å²) in [5.74, 6) is 0.382. The Morgan fingerprint density at radius 3 is 2.70 bits per heavy atom. The van der Waals surface area contributed by atoms with E-state index >= 15 is 0 Å². The van der Waals surface area contributed by atoms with Gasteiger partial charge in [0, 0.05) is 26.2 Å². The highest BCUT2D eigenvalue weighted by Crippen LogP contribution is 2.27. The summed E-state index contributed by atoms with van der Waals surface area (Å²) in [4.78, 5) is 16.4. The Kier molecular flexibility index (Phi) is 6.42. The van der Waals surface area contributed by atoms with Crippen LogP contribution in [0.3, 0.4) is 0 Å². The fourth-order valence-electron chi connectivity index (χ4n) is 3.84. The summed E-state index contributed by atoms with van der Waals surface area (Å²) in [6.07, 6.45) is 6.83. The fraction of sp³-hybridized carbons (Fsp3) is 0.611. The highest BCUT2D eigenvalue weighted by molar-refractivity contribution is 7.89. The summed E-state index contributed by atoms with van der Waals surface area (Å²) in [7, 11) is -3.72. The van der Waals surface area contributed by atoms with Gasteiger partial charge in [0.2, 0.25) is 0 Å². The van der Waals surface area contributed by atoms with Crippen LogP contribution in [-0.2, 0) is 14.8 Å². The molecule has 2 aliphatic heterocycles. The third kappa shape index (κ3) is 4.39. The van der Waals surface area contributed by atoms with Crippen molar-refractivity contribution in [3.8, 4) is 0 Å². The lowest BCUT2D eigenvalue weighted by atomic mass is 10.0. The van der Waals surface area contributed by atoms with Crippen molar-refractivity contribution in [2.75, 3.05) is 38.2 Å².